The standard InChI is InChI=1S/C10H18O3/c1-7(2)13-10(12)8-4-3-5-9(11)6-8/h7-9,11H,3-6H2,1-2H3/t8-,9+/m0/s1. The number of rotatable bonds is 2. The minimum Gasteiger partial charge on any atom is -0.463 e. The quantitative estimate of drug-likeness (QED) is 0.664. The number of hydrogen-bond donors (Lipinski definition) is 1. The summed E-state index contributed by atoms with van der Waals surface area (Å²) >= 11 is 0. The van der Waals surface area contributed by atoms with E-state index in [1.807, 2.05) is 13.8 Å². The molecule has 0 aliphatic heterocycles. The average molecular weight is 186 g/mol. The fraction of sp³-hybridized carbons (Fsp3) is 0.900. The molecule has 3 heteroatoms. The van der Waals surface area contributed by atoms with E-state index in [4.69, 9.17) is 4.74 Å². The van der Waals surface area contributed by atoms with Crippen LogP contribution in [0.4, 0.5) is 0 Å². The number of ether oxygens (including phenoxy) is 1. The summed E-state index contributed by atoms with van der Waals surface area (Å²) in [4.78, 5) is 11.4. The Bertz CT molecular complexity index is 177. The lowest BCUT2D eigenvalue weighted by molar-refractivity contribution is -0.154. The Balaban J connectivity index is 2.37. The van der Waals surface area contributed by atoms with Crippen molar-refractivity contribution in [1.29, 1.82) is 0 Å². The number of carbonyl (C=O) groups excluding carboxylic acids is 1. The van der Waals surface area contributed by atoms with E-state index in [0.717, 1.165) is 19.3 Å². The van der Waals surface area contributed by atoms with Gasteiger partial charge in [0.05, 0.1) is 18.1 Å². The van der Waals surface area contributed by atoms with E-state index < -0.39 is 0 Å². The minimum atomic E-state index is -0.307. The van der Waals surface area contributed by atoms with Crippen molar-refractivity contribution in [3.05, 3.63) is 0 Å². The van der Waals surface area contributed by atoms with Crippen LogP contribution >= 0.6 is 0 Å². The molecule has 1 aliphatic carbocycles. The molecule has 0 radical (unpaired) electrons. The van der Waals surface area contributed by atoms with Gasteiger partial charge in [-0.1, -0.05) is 6.42 Å². The zero-order valence-electron chi connectivity index (χ0n) is 8.32. The van der Waals surface area contributed by atoms with Gasteiger partial charge in [-0.2, -0.15) is 0 Å². The number of esters is 1. The SMILES string of the molecule is CC(C)OC(=O)[C@H]1CCC[C@@H](O)C1. The Morgan fingerprint density at radius 3 is 2.69 bits per heavy atom. The maximum absolute atomic E-state index is 11.4. The summed E-state index contributed by atoms with van der Waals surface area (Å²) in [5.74, 6) is -0.222. The molecule has 0 amide bonds. The van der Waals surface area contributed by atoms with E-state index in [-0.39, 0.29) is 24.1 Å². The van der Waals surface area contributed by atoms with Crippen molar-refractivity contribution in [3.8, 4) is 0 Å². The molecule has 1 fully saturated rings. The molecular formula is C10H18O3. The maximum Gasteiger partial charge on any atom is 0.309 e. The van der Waals surface area contributed by atoms with Crippen molar-refractivity contribution < 1.29 is 14.6 Å². The minimum absolute atomic E-state index is 0.0495. The van der Waals surface area contributed by atoms with Crippen molar-refractivity contribution in [2.45, 2.75) is 51.7 Å². The molecular weight excluding hydrogens is 168 g/mol. The van der Waals surface area contributed by atoms with Gasteiger partial charge in [-0.05, 0) is 33.1 Å². The van der Waals surface area contributed by atoms with E-state index in [2.05, 4.69) is 0 Å². The first-order valence-corrected chi connectivity index (χ1v) is 4.98. The first-order chi connectivity index (χ1) is 6.09. The molecule has 1 saturated carbocycles. The highest BCUT2D eigenvalue weighted by Crippen LogP contribution is 2.25. The molecule has 0 aromatic rings. The zero-order valence-corrected chi connectivity index (χ0v) is 8.32. The second kappa shape index (κ2) is 4.61. The molecule has 0 aromatic carbocycles. The molecule has 1 N–H and O–H groups in total. The van der Waals surface area contributed by atoms with Gasteiger partial charge in [0, 0.05) is 0 Å². The second-order valence-electron chi connectivity index (χ2n) is 4.00. The lowest BCUT2D eigenvalue weighted by atomic mass is 9.87. The van der Waals surface area contributed by atoms with Crippen LogP contribution in [0.25, 0.3) is 0 Å². The molecule has 0 spiro atoms. The summed E-state index contributed by atoms with van der Waals surface area (Å²) in [6, 6.07) is 0. The van der Waals surface area contributed by atoms with Crippen LogP contribution in [0.15, 0.2) is 0 Å². The van der Waals surface area contributed by atoms with Crippen molar-refractivity contribution in [3.63, 3.8) is 0 Å². The highest BCUT2D eigenvalue weighted by atomic mass is 16.5. The zero-order chi connectivity index (χ0) is 9.84. The fourth-order valence-electron chi connectivity index (χ4n) is 1.71. The van der Waals surface area contributed by atoms with Crippen LogP contribution in [0.5, 0.6) is 0 Å². The fourth-order valence-corrected chi connectivity index (χ4v) is 1.71. The molecule has 2 atom stereocenters. The summed E-state index contributed by atoms with van der Waals surface area (Å²) in [6.45, 7) is 3.69. The van der Waals surface area contributed by atoms with Crippen molar-refractivity contribution in [2.24, 2.45) is 5.92 Å². The van der Waals surface area contributed by atoms with E-state index in [1.54, 1.807) is 0 Å². The molecule has 0 heterocycles. The van der Waals surface area contributed by atoms with Crippen molar-refractivity contribution >= 4 is 5.97 Å². The Kier molecular flexibility index (Phi) is 3.72. The number of carbonyl (C=O) groups is 1. The van der Waals surface area contributed by atoms with Gasteiger partial charge in [-0.25, -0.2) is 0 Å². The Labute approximate surface area is 79.1 Å². The molecule has 0 saturated heterocycles. The van der Waals surface area contributed by atoms with Gasteiger partial charge in [0.15, 0.2) is 0 Å². The van der Waals surface area contributed by atoms with Gasteiger partial charge in [0.25, 0.3) is 0 Å². The lowest BCUT2D eigenvalue weighted by Crippen LogP contribution is -2.28. The van der Waals surface area contributed by atoms with Crippen LogP contribution < -0.4 is 0 Å². The molecule has 13 heavy (non-hydrogen) atoms. The van der Waals surface area contributed by atoms with Crippen LogP contribution in [0.2, 0.25) is 0 Å². The summed E-state index contributed by atoms with van der Waals surface area (Å²) in [5.41, 5.74) is 0. The lowest BCUT2D eigenvalue weighted by Gasteiger charge is -2.24. The normalized spacial score (nSPS) is 28.9. The van der Waals surface area contributed by atoms with Gasteiger partial charge in [-0.3, -0.25) is 4.79 Å². The average Bonchev–Trinajstić information content (AvgIpc) is 2.03. The second-order valence-corrected chi connectivity index (χ2v) is 4.00. The summed E-state index contributed by atoms with van der Waals surface area (Å²) < 4.78 is 5.09. The topological polar surface area (TPSA) is 46.5 Å². The largest absolute Gasteiger partial charge is 0.463 e. The Hall–Kier alpha value is -0.570. The van der Waals surface area contributed by atoms with Crippen LogP contribution in [0.1, 0.15) is 39.5 Å². The van der Waals surface area contributed by atoms with E-state index >= 15 is 0 Å². The summed E-state index contributed by atoms with van der Waals surface area (Å²) in [5, 5.41) is 9.35. The predicted octanol–water partition coefficient (Wildman–Crippen LogP) is 1.49. The van der Waals surface area contributed by atoms with E-state index in [0.29, 0.717) is 6.42 Å². The first kappa shape index (κ1) is 10.5. The Morgan fingerprint density at radius 1 is 1.46 bits per heavy atom. The molecule has 0 aromatic heterocycles. The van der Waals surface area contributed by atoms with Gasteiger partial charge >= 0.3 is 5.97 Å². The third-order valence-electron chi connectivity index (χ3n) is 2.33. The molecule has 0 bridgehead atoms. The predicted molar refractivity (Wildman–Crippen MR) is 49.2 cm³/mol. The molecule has 3 nitrogen and oxygen atoms in total. The van der Waals surface area contributed by atoms with Crippen LogP contribution in [-0.4, -0.2) is 23.3 Å². The maximum atomic E-state index is 11.4. The van der Waals surface area contributed by atoms with Gasteiger partial charge in [0.2, 0.25) is 0 Å². The number of hydrogen-bond acceptors (Lipinski definition) is 3. The third-order valence-corrected chi connectivity index (χ3v) is 2.33. The third kappa shape index (κ3) is 3.35. The highest BCUT2D eigenvalue weighted by Gasteiger charge is 2.27. The van der Waals surface area contributed by atoms with Crippen LogP contribution in [0.3, 0.4) is 0 Å². The van der Waals surface area contributed by atoms with Crippen molar-refractivity contribution in [2.75, 3.05) is 0 Å². The summed E-state index contributed by atoms with van der Waals surface area (Å²) in [6.07, 6.45) is 2.84. The number of aliphatic hydroxyl groups excluding tert-OH is 1. The molecule has 1 rings (SSSR count). The van der Waals surface area contributed by atoms with E-state index in [1.165, 1.54) is 0 Å². The Morgan fingerprint density at radius 2 is 2.15 bits per heavy atom. The van der Waals surface area contributed by atoms with Crippen LogP contribution in [-0.2, 0) is 9.53 Å². The van der Waals surface area contributed by atoms with Crippen molar-refractivity contribution in [1.82, 2.24) is 0 Å². The molecule has 0 unspecified atom stereocenters. The van der Waals surface area contributed by atoms with E-state index in [9.17, 15) is 9.90 Å². The monoisotopic (exact) mass is 186 g/mol. The number of aliphatic hydroxyl groups is 1. The highest BCUT2D eigenvalue weighted by molar-refractivity contribution is 5.72. The van der Waals surface area contributed by atoms with Crippen LogP contribution in [0, 0.1) is 5.92 Å². The first-order valence-electron chi connectivity index (χ1n) is 4.98. The van der Waals surface area contributed by atoms with Gasteiger partial charge < -0.3 is 9.84 Å². The van der Waals surface area contributed by atoms with Gasteiger partial charge in [0.1, 0.15) is 0 Å². The van der Waals surface area contributed by atoms with Gasteiger partial charge in [-0.15, -0.1) is 0 Å². The smallest absolute Gasteiger partial charge is 0.309 e. The molecule has 1 aliphatic rings. The molecule has 76 valence electrons. The summed E-state index contributed by atoms with van der Waals surface area (Å²) in [7, 11) is 0.